The van der Waals surface area contributed by atoms with Gasteiger partial charge in [0.05, 0.1) is 24.9 Å². The van der Waals surface area contributed by atoms with Crippen LogP contribution in [-0.4, -0.2) is 162 Å². The van der Waals surface area contributed by atoms with Gasteiger partial charge in [0.1, 0.15) is 49.3 Å². The van der Waals surface area contributed by atoms with Crippen LogP contribution in [0.1, 0.15) is 323 Å². The third kappa shape index (κ3) is 44.2. The number of aliphatic carboxylic acids is 1. The van der Waals surface area contributed by atoms with Crippen LogP contribution in [0, 0.1) is 0 Å². The fraction of sp³-hybridized carbons (Fsp3) is 0.972. The topological polar surface area (TPSA) is 261 Å². The highest BCUT2D eigenvalue weighted by molar-refractivity contribution is 7.46. The monoisotopic (exact) mass is 1320 g/mol. The van der Waals surface area contributed by atoms with Gasteiger partial charge in [0.25, 0.3) is 0 Å². The van der Waals surface area contributed by atoms with Crippen LogP contribution in [0.4, 0.5) is 4.39 Å². The molecule has 0 aromatic rings. The number of carbonyl (C=O) groups is 2. The van der Waals surface area contributed by atoms with Crippen molar-refractivity contribution in [3.63, 3.8) is 0 Å². The summed E-state index contributed by atoms with van der Waals surface area (Å²) in [6.45, 7) is 8.08. The molecule has 0 radical (unpaired) electrons. The number of ether oxygens (including phenoxy) is 6. The largest absolute Gasteiger partial charge is 0.479 e. The number of hydrogen-bond acceptors (Lipinski definition) is 14. The van der Waals surface area contributed by atoms with E-state index in [1.54, 1.807) is 0 Å². The van der Waals surface area contributed by atoms with Crippen molar-refractivity contribution in [2.75, 3.05) is 46.3 Å². The normalized spacial score (nSPS) is 22.8. The van der Waals surface area contributed by atoms with Crippen LogP contribution >= 0.6 is 7.82 Å². The zero-order chi connectivity index (χ0) is 66.4. The molecule has 18 nitrogen and oxygen atoms in total. The number of alkyl halides is 1. The van der Waals surface area contributed by atoms with E-state index in [2.05, 4.69) is 31.4 Å². The molecule has 0 aliphatic carbocycles. The first-order valence-electron chi connectivity index (χ1n) is 37.5. The Labute approximate surface area is 552 Å². The lowest BCUT2D eigenvalue weighted by Gasteiger charge is -2.47. The maximum Gasteiger partial charge on any atom is 0.470 e. The van der Waals surface area contributed by atoms with Crippen molar-refractivity contribution in [3.05, 3.63) is 0 Å². The third-order valence-electron chi connectivity index (χ3n) is 18.4. The number of halogens is 1. The number of aliphatic hydroxyl groups is 3. The van der Waals surface area contributed by atoms with Crippen LogP contribution in [0.5, 0.6) is 0 Å². The molecule has 0 aromatic carbocycles. The Morgan fingerprint density at radius 2 is 0.879 bits per heavy atom. The van der Waals surface area contributed by atoms with Crippen molar-refractivity contribution < 1.29 is 81.7 Å². The van der Waals surface area contributed by atoms with Crippen molar-refractivity contribution in [3.8, 4) is 0 Å². The minimum Gasteiger partial charge on any atom is -0.479 e. The fourth-order valence-electron chi connectivity index (χ4n) is 12.8. The smallest absolute Gasteiger partial charge is 0.470 e. The van der Waals surface area contributed by atoms with E-state index in [0.717, 1.165) is 90.3 Å². The molecule has 1 amide bonds. The van der Waals surface area contributed by atoms with Crippen LogP contribution in [0.25, 0.3) is 0 Å². The highest BCUT2D eigenvalue weighted by atomic mass is 31.2. The second kappa shape index (κ2) is 57.6. The first-order valence-corrected chi connectivity index (χ1v) is 39.0. The van der Waals surface area contributed by atoms with E-state index in [0.29, 0.717) is 25.7 Å². The lowest BCUT2D eigenvalue weighted by molar-refractivity contribution is -0.287. The number of carbonyl (C=O) groups excluding carboxylic acids is 1. The predicted molar refractivity (Wildman–Crippen MR) is 361 cm³/mol. The van der Waals surface area contributed by atoms with Crippen LogP contribution in [0.15, 0.2) is 0 Å². The van der Waals surface area contributed by atoms with Crippen LogP contribution in [0.3, 0.4) is 0 Å². The van der Waals surface area contributed by atoms with Crippen LogP contribution in [0.2, 0.25) is 0 Å². The molecule has 2 saturated heterocycles. The molecular weight excluding hydrogens is 1190 g/mol. The second-order valence-corrected chi connectivity index (χ2v) is 27.9. The number of hydrogen-bond donors (Lipinski definition) is 8. The van der Waals surface area contributed by atoms with Crippen molar-refractivity contribution >= 4 is 19.7 Å². The highest BCUT2D eigenvalue weighted by Gasteiger charge is 2.53. The zero-order valence-electron chi connectivity index (χ0n) is 58.0. The van der Waals surface area contributed by atoms with Gasteiger partial charge in [-0.3, -0.25) is 9.32 Å². The lowest BCUT2D eigenvalue weighted by Crippen LogP contribution is -2.67. The number of unbranched alkanes of at least 4 members (excludes halogenated alkanes) is 38. The molecule has 2 fully saturated rings. The molecule has 12 atom stereocenters. The van der Waals surface area contributed by atoms with Gasteiger partial charge in [-0.1, -0.05) is 271 Å². The summed E-state index contributed by atoms with van der Waals surface area (Å²) >= 11 is 0. The molecule has 540 valence electrons. The number of amides is 1. The van der Waals surface area contributed by atoms with Crippen LogP contribution in [-0.2, 0) is 47.1 Å². The number of phosphoric ester groups is 1. The van der Waals surface area contributed by atoms with E-state index in [1.165, 1.54) is 193 Å². The molecule has 20 heteroatoms. The van der Waals surface area contributed by atoms with E-state index in [-0.39, 0.29) is 26.2 Å². The second-order valence-electron chi connectivity index (χ2n) is 26.8. The maximum absolute atomic E-state index is 15.0. The lowest BCUT2D eigenvalue weighted by atomic mass is 9.92. The van der Waals surface area contributed by atoms with Gasteiger partial charge < -0.3 is 69.3 Å². The van der Waals surface area contributed by atoms with Gasteiger partial charge in [0, 0.05) is 33.4 Å². The first kappa shape index (κ1) is 85.7. The fourth-order valence-corrected chi connectivity index (χ4v) is 13.4. The molecule has 91 heavy (non-hydrogen) atoms. The summed E-state index contributed by atoms with van der Waals surface area (Å²) in [5, 5.41) is 50.5. The summed E-state index contributed by atoms with van der Waals surface area (Å²) in [5.41, 5.74) is 0. The quantitative estimate of drug-likeness (QED) is 0.0208. The van der Waals surface area contributed by atoms with Gasteiger partial charge in [-0.15, -0.1) is 0 Å². The number of carboxylic acid groups (broad SMARTS) is 1. The minimum atomic E-state index is -5.26. The molecule has 2 aliphatic heterocycles. The molecule has 8 N–H and O–H groups in total. The van der Waals surface area contributed by atoms with E-state index in [1.807, 2.05) is 0 Å². The predicted octanol–water partition coefficient (Wildman–Crippen LogP) is 15.4. The number of nitrogens with one attached hydrogen (secondary N) is 2. The van der Waals surface area contributed by atoms with Gasteiger partial charge in [-0.2, -0.15) is 0 Å². The Hall–Kier alpha value is -1.42. The standard InChI is InChI=1S/C71H138FN2O16P/c1-5-8-11-14-17-20-21-24-29-34-39-44-52-84-53-45-40-35-30-25-22-23-26-31-36-41-46-54-85-68-64(74-58(4)75)71(89-61(56-72)66(68)90-91(81,82)83)87-57-62-65(78)67(86-55-50-60(77)48-43-38-33-28-19-16-13-10-7-3)63(69(88-62)70(79)80)73-51-49-59(76)47-42-37-32-27-18-15-12-9-6-2/h59-69,71,73,76-78H,5-57H2,1-4H3,(H,74,75)(H,79,80)(H2,81,82,83)/t59?,60?,61-,62-,63-,64-,65-,66-,67-,68-,69+,71-/m1/s1. The Morgan fingerprint density at radius 3 is 1.29 bits per heavy atom. The minimum absolute atomic E-state index is 0.00908. The molecule has 0 saturated carbocycles. The number of phosphoric acid groups is 1. The average molecular weight is 1330 g/mol. The average Bonchev–Trinajstić information content (AvgIpc) is 0.845. The summed E-state index contributed by atoms with van der Waals surface area (Å²) in [6.07, 6.45) is 38.2. The van der Waals surface area contributed by atoms with Crippen molar-refractivity contribution in [1.29, 1.82) is 0 Å². The summed E-state index contributed by atoms with van der Waals surface area (Å²) in [6, 6.07) is -2.41. The molecule has 2 heterocycles. The Balaban J connectivity index is 1.96. The summed E-state index contributed by atoms with van der Waals surface area (Å²) in [5.74, 6) is -1.94. The summed E-state index contributed by atoms with van der Waals surface area (Å²) in [4.78, 5) is 45.8. The van der Waals surface area contributed by atoms with E-state index >= 15 is 0 Å². The first-order chi connectivity index (χ1) is 44.2. The van der Waals surface area contributed by atoms with Crippen molar-refractivity contribution in [1.82, 2.24) is 10.6 Å². The van der Waals surface area contributed by atoms with Gasteiger partial charge in [0.15, 0.2) is 12.4 Å². The van der Waals surface area contributed by atoms with E-state index < -0.39 is 106 Å². The Kier molecular flexibility index (Phi) is 54.3. The maximum atomic E-state index is 15.0. The van der Waals surface area contributed by atoms with Crippen LogP contribution < -0.4 is 10.6 Å². The molecule has 0 bridgehead atoms. The van der Waals surface area contributed by atoms with Crippen molar-refractivity contribution in [2.24, 2.45) is 0 Å². The van der Waals surface area contributed by atoms with Gasteiger partial charge in [-0.25, -0.2) is 13.8 Å². The SMILES string of the molecule is CCCCCCCCCCCCCCOCCCCCCCCCCCCCCO[C@@H]1[C@@H](NC(C)=O)[C@H](OC[C@H]2O[C@H](C(=O)O)[C@H](NCCC(O)CCCCCCCCCCC)[C@@H](OCCC(O)CCCCCCCCCCC)[C@@H]2O)O[C@H](CF)[C@H]1OP(=O)(O)O. The zero-order valence-corrected chi connectivity index (χ0v) is 58.9. The Morgan fingerprint density at radius 1 is 0.484 bits per heavy atom. The third-order valence-corrected chi connectivity index (χ3v) is 18.9. The van der Waals surface area contributed by atoms with E-state index in [9.17, 15) is 48.8 Å². The summed E-state index contributed by atoms with van der Waals surface area (Å²) < 4.78 is 69.1. The molecule has 2 unspecified atom stereocenters. The molecule has 0 spiro atoms. The Bertz CT molecular complexity index is 1730. The van der Waals surface area contributed by atoms with Gasteiger partial charge in [0.2, 0.25) is 5.91 Å². The molecular formula is C71H138FN2O16P. The van der Waals surface area contributed by atoms with E-state index in [4.69, 9.17) is 32.9 Å². The number of carboxylic acids is 1. The summed E-state index contributed by atoms with van der Waals surface area (Å²) in [7, 11) is -5.26. The highest BCUT2D eigenvalue weighted by Crippen LogP contribution is 2.42. The van der Waals surface area contributed by atoms with Gasteiger partial charge in [-0.05, 0) is 51.5 Å². The number of aliphatic hydroxyl groups excluding tert-OH is 3. The number of rotatable bonds is 65. The van der Waals surface area contributed by atoms with Crippen molar-refractivity contribution in [2.45, 2.75) is 396 Å². The molecule has 2 aliphatic rings. The molecule has 2 rings (SSSR count). The molecule has 0 aromatic heterocycles. The van der Waals surface area contributed by atoms with Gasteiger partial charge >= 0.3 is 13.8 Å².